The third-order valence-electron chi connectivity index (χ3n) is 3.73. The molecule has 3 aliphatic heterocycles. The van der Waals surface area contributed by atoms with Gasteiger partial charge in [-0.3, -0.25) is 4.79 Å². The molecule has 3 aliphatic rings. The van der Waals surface area contributed by atoms with Crippen LogP contribution in [0.25, 0.3) is 0 Å². The smallest absolute Gasteiger partial charge is 0.228 e. The summed E-state index contributed by atoms with van der Waals surface area (Å²) in [6, 6.07) is 0. The number of carbonyl (C=O) groups is 1. The first kappa shape index (κ1) is 13.1. The number of morpholine rings is 1. The number of halogens is 1. The van der Waals surface area contributed by atoms with Gasteiger partial charge in [0, 0.05) is 26.2 Å². The summed E-state index contributed by atoms with van der Waals surface area (Å²) in [6.45, 7) is 5.22. The summed E-state index contributed by atoms with van der Waals surface area (Å²) in [5.74, 6) is 0.343. The zero-order valence-electron chi connectivity index (χ0n) is 9.81. The molecule has 3 rings (SSSR count). The molecular weight excluding hydrogens is 244 g/mol. The summed E-state index contributed by atoms with van der Waals surface area (Å²) >= 11 is 0. The molecule has 6 heteroatoms. The Morgan fingerprint density at radius 1 is 1.35 bits per heavy atom. The molecule has 1 N–H and O–H groups in total. The Kier molecular flexibility index (Phi) is 3.92. The lowest BCUT2D eigenvalue weighted by Crippen LogP contribution is -2.69. The van der Waals surface area contributed by atoms with Crippen LogP contribution in [0.15, 0.2) is 0 Å². The van der Waals surface area contributed by atoms with Crippen LogP contribution < -0.4 is 5.32 Å². The summed E-state index contributed by atoms with van der Waals surface area (Å²) < 4.78 is 11.0. The van der Waals surface area contributed by atoms with Crippen LogP contribution in [-0.4, -0.2) is 62.4 Å². The molecule has 3 heterocycles. The average molecular weight is 263 g/mol. The minimum absolute atomic E-state index is 0. The maximum absolute atomic E-state index is 12.2. The molecule has 1 spiro atoms. The number of hydrogen-bond acceptors (Lipinski definition) is 4. The molecule has 1 unspecified atom stereocenters. The van der Waals surface area contributed by atoms with Gasteiger partial charge in [-0.15, -0.1) is 12.4 Å². The van der Waals surface area contributed by atoms with E-state index in [1.54, 1.807) is 0 Å². The first-order valence-corrected chi connectivity index (χ1v) is 6.00. The maximum Gasteiger partial charge on any atom is 0.228 e. The number of rotatable bonds is 1. The van der Waals surface area contributed by atoms with Crippen molar-refractivity contribution in [1.29, 1.82) is 0 Å². The van der Waals surface area contributed by atoms with E-state index >= 15 is 0 Å². The van der Waals surface area contributed by atoms with Gasteiger partial charge < -0.3 is 19.7 Å². The van der Waals surface area contributed by atoms with Crippen LogP contribution in [-0.2, 0) is 14.3 Å². The number of nitrogens with one attached hydrogen (secondary N) is 1. The van der Waals surface area contributed by atoms with Crippen molar-refractivity contribution in [2.75, 3.05) is 46.0 Å². The zero-order chi connectivity index (χ0) is 11.0. The standard InChI is InChI=1S/C11H18N2O3.ClH/c14-10(9-1-3-15-5-9)13-2-4-16-11(8-13)6-12-7-11;/h9,12H,1-8H2;1H. The van der Waals surface area contributed by atoms with Gasteiger partial charge in [0.15, 0.2) is 0 Å². The summed E-state index contributed by atoms with van der Waals surface area (Å²) in [5, 5.41) is 3.21. The van der Waals surface area contributed by atoms with Crippen molar-refractivity contribution in [2.24, 2.45) is 5.92 Å². The van der Waals surface area contributed by atoms with Crippen LogP contribution in [0.3, 0.4) is 0 Å². The lowest BCUT2D eigenvalue weighted by molar-refractivity contribution is -0.162. The van der Waals surface area contributed by atoms with E-state index in [-0.39, 0.29) is 29.8 Å². The van der Waals surface area contributed by atoms with E-state index < -0.39 is 0 Å². The van der Waals surface area contributed by atoms with E-state index in [2.05, 4.69) is 5.32 Å². The normalized spacial score (nSPS) is 30.8. The highest BCUT2D eigenvalue weighted by molar-refractivity contribution is 5.85. The van der Waals surface area contributed by atoms with Gasteiger partial charge in [-0.25, -0.2) is 0 Å². The summed E-state index contributed by atoms with van der Waals surface area (Å²) in [6.07, 6.45) is 0.876. The van der Waals surface area contributed by atoms with E-state index in [0.717, 1.165) is 39.2 Å². The minimum Gasteiger partial charge on any atom is -0.381 e. The van der Waals surface area contributed by atoms with Crippen molar-refractivity contribution >= 4 is 18.3 Å². The van der Waals surface area contributed by atoms with Crippen molar-refractivity contribution in [3.63, 3.8) is 0 Å². The molecule has 1 atom stereocenters. The first-order valence-electron chi connectivity index (χ1n) is 6.00. The molecule has 0 saturated carbocycles. The summed E-state index contributed by atoms with van der Waals surface area (Å²) in [5.41, 5.74) is -0.0899. The van der Waals surface area contributed by atoms with Crippen LogP contribution in [0.4, 0.5) is 0 Å². The van der Waals surface area contributed by atoms with Crippen LogP contribution in [0.1, 0.15) is 6.42 Å². The molecule has 0 aromatic rings. The van der Waals surface area contributed by atoms with Gasteiger partial charge in [0.2, 0.25) is 5.91 Å². The number of hydrogen-bond donors (Lipinski definition) is 1. The Morgan fingerprint density at radius 2 is 2.18 bits per heavy atom. The molecule has 3 fully saturated rings. The molecule has 0 radical (unpaired) electrons. The molecule has 98 valence electrons. The van der Waals surface area contributed by atoms with Crippen molar-refractivity contribution in [3.05, 3.63) is 0 Å². The van der Waals surface area contributed by atoms with E-state index in [0.29, 0.717) is 13.2 Å². The van der Waals surface area contributed by atoms with Gasteiger partial charge in [0.25, 0.3) is 0 Å². The molecule has 17 heavy (non-hydrogen) atoms. The van der Waals surface area contributed by atoms with Crippen LogP contribution in [0, 0.1) is 5.92 Å². The Morgan fingerprint density at radius 3 is 2.76 bits per heavy atom. The zero-order valence-corrected chi connectivity index (χ0v) is 10.6. The van der Waals surface area contributed by atoms with Crippen molar-refractivity contribution in [1.82, 2.24) is 10.2 Å². The Bertz CT molecular complexity index is 290. The van der Waals surface area contributed by atoms with Crippen molar-refractivity contribution < 1.29 is 14.3 Å². The van der Waals surface area contributed by atoms with Crippen molar-refractivity contribution in [3.8, 4) is 0 Å². The lowest BCUT2D eigenvalue weighted by Gasteiger charge is -2.49. The predicted molar refractivity (Wildman–Crippen MR) is 64.3 cm³/mol. The van der Waals surface area contributed by atoms with Gasteiger partial charge in [-0.05, 0) is 6.42 Å². The highest BCUT2D eigenvalue weighted by atomic mass is 35.5. The number of ether oxygens (including phenoxy) is 2. The van der Waals surface area contributed by atoms with Crippen LogP contribution in [0.2, 0.25) is 0 Å². The Balaban J connectivity index is 0.00000108. The van der Waals surface area contributed by atoms with Gasteiger partial charge in [0.1, 0.15) is 5.60 Å². The predicted octanol–water partition coefficient (Wildman–Crippen LogP) is -0.354. The summed E-state index contributed by atoms with van der Waals surface area (Å²) in [4.78, 5) is 14.2. The molecule has 0 aliphatic carbocycles. The van der Waals surface area contributed by atoms with Crippen LogP contribution >= 0.6 is 12.4 Å². The molecular formula is C11H19ClN2O3. The number of amides is 1. The second-order valence-electron chi connectivity index (χ2n) is 4.96. The van der Waals surface area contributed by atoms with Crippen LogP contribution in [0.5, 0.6) is 0 Å². The molecule has 1 amide bonds. The fraction of sp³-hybridized carbons (Fsp3) is 0.909. The molecule has 0 aromatic heterocycles. The second-order valence-corrected chi connectivity index (χ2v) is 4.96. The monoisotopic (exact) mass is 262 g/mol. The van der Waals surface area contributed by atoms with E-state index in [1.807, 2.05) is 4.90 Å². The number of nitrogens with zero attached hydrogens (tertiary/aromatic N) is 1. The van der Waals surface area contributed by atoms with Gasteiger partial charge >= 0.3 is 0 Å². The fourth-order valence-corrected chi connectivity index (χ4v) is 2.64. The highest BCUT2D eigenvalue weighted by Gasteiger charge is 2.44. The largest absolute Gasteiger partial charge is 0.381 e. The minimum atomic E-state index is -0.0899. The van der Waals surface area contributed by atoms with Gasteiger partial charge in [0.05, 0.1) is 25.7 Å². The maximum atomic E-state index is 12.2. The summed E-state index contributed by atoms with van der Waals surface area (Å²) in [7, 11) is 0. The molecule has 0 bridgehead atoms. The fourth-order valence-electron chi connectivity index (χ4n) is 2.64. The van der Waals surface area contributed by atoms with Gasteiger partial charge in [-0.1, -0.05) is 0 Å². The molecule has 0 aromatic carbocycles. The SMILES string of the molecule is Cl.O=C(C1CCOC1)N1CCOC2(CNC2)C1. The second kappa shape index (κ2) is 5.10. The molecule has 5 nitrogen and oxygen atoms in total. The lowest BCUT2D eigenvalue weighted by atomic mass is 9.94. The third kappa shape index (κ3) is 2.42. The quantitative estimate of drug-likeness (QED) is 0.702. The van der Waals surface area contributed by atoms with E-state index in [1.165, 1.54) is 0 Å². The Labute approximate surface area is 107 Å². The van der Waals surface area contributed by atoms with E-state index in [4.69, 9.17) is 9.47 Å². The van der Waals surface area contributed by atoms with Crippen molar-refractivity contribution in [2.45, 2.75) is 12.0 Å². The van der Waals surface area contributed by atoms with E-state index in [9.17, 15) is 4.79 Å². The topological polar surface area (TPSA) is 50.8 Å². The van der Waals surface area contributed by atoms with Gasteiger partial charge in [-0.2, -0.15) is 0 Å². The number of carbonyl (C=O) groups excluding carboxylic acids is 1. The first-order chi connectivity index (χ1) is 7.79. The molecule has 3 saturated heterocycles. The average Bonchev–Trinajstić information content (AvgIpc) is 2.79. The highest BCUT2D eigenvalue weighted by Crippen LogP contribution is 2.24. The third-order valence-corrected chi connectivity index (χ3v) is 3.73. The Hall–Kier alpha value is -0.360.